The van der Waals surface area contributed by atoms with Crippen molar-refractivity contribution in [3.63, 3.8) is 0 Å². The molecule has 2 heteroatoms. The van der Waals surface area contributed by atoms with Crippen molar-refractivity contribution in [1.29, 1.82) is 0 Å². The highest BCUT2D eigenvalue weighted by Gasteiger charge is 2.46. The zero-order valence-corrected chi connectivity index (χ0v) is 11.9. The van der Waals surface area contributed by atoms with E-state index in [1.54, 1.807) is 0 Å². The summed E-state index contributed by atoms with van der Waals surface area (Å²) in [5, 5.41) is 0. The van der Waals surface area contributed by atoms with Gasteiger partial charge in [-0.2, -0.15) is 0 Å². The summed E-state index contributed by atoms with van der Waals surface area (Å²) >= 11 is 0. The summed E-state index contributed by atoms with van der Waals surface area (Å²) in [5.41, 5.74) is 6.40. The van der Waals surface area contributed by atoms with Gasteiger partial charge in [0.05, 0.1) is 0 Å². The van der Waals surface area contributed by atoms with Crippen molar-refractivity contribution < 1.29 is 0 Å². The van der Waals surface area contributed by atoms with Gasteiger partial charge in [0.25, 0.3) is 0 Å². The highest BCUT2D eigenvalue weighted by Crippen LogP contribution is 2.44. The molecule has 0 atom stereocenters. The van der Waals surface area contributed by atoms with E-state index >= 15 is 0 Å². The van der Waals surface area contributed by atoms with Crippen LogP contribution in [0.25, 0.3) is 0 Å². The number of hydrogen-bond acceptors (Lipinski definition) is 2. The van der Waals surface area contributed by atoms with E-state index in [4.69, 9.17) is 5.73 Å². The first-order valence-electron chi connectivity index (χ1n) is 7.54. The van der Waals surface area contributed by atoms with E-state index < -0.39 is 0 Å². The summed E-state index contributed by atoms with van der Waals surface area (Å²) < 4.78 is 0. The number of nitrogens with two attached hydrogens (primary N) is 1. The van der Waals surface area contributed by atoms with Crippen LogP contribution in [-0.2, 0) is 0 Å². The molecule has 100 valence electrons. The number of nitrogens with zero attached hydrogens (tertiary/aromatic N) is 1. The largest absolute Gasteiger partial charge is 0.329 e. The summed E-state index contributed by atoms with van der Waals surface area (Å²) in [7, 11) is 2.33. The normalized spacial score (nSPS) is 42.5. The quantitative estimate of drug-likeness (QED) is 0.816. The van der Waals surface area contributed by atoms with Crippen LogP contribution < -0.4 is 5.73 Å². The fraction of sp³-hybridized carbons (Fsp3) is 1.00. The van der Waals surface area contributed by atoms with Gasteiger partial charge in [-0.3, -0.25) is 4.90 Å². The Morgan fingerprint density at radius 3 is 2.18 bits per heavy atom. The van der Waals surface area contributed by atoms with Crippen LogP contribution in [-0.4, -0.2) is 30.1 Å². The van der Waals surface area contributed by atoms with Crippen molar-refractivity contribution in [2.75, 3.05) is 13.6 Å². The monoisotopic (exact) mass is 238 g/mol. The summed E-state index contributed by atoms with van der Waals surface area (Å²) in [6.45, 7) is 5.54. The second kappa shape index (κ2) is 5.27. The summed E-state index contributed by atoms with van der Waals surface area (Å²) in [5.74, 6) is 1.88. The fourth-order valence-corrected chi connectivity index (χ4v) is 4.16. The van der Waals surface area contributed by atoms with E-state index in [1.807, 2.05) is 0 Å². The SMILES string of the molecule is CCC1CCC(N(C)C2(CN)CC(C)C2)CC1. The molecule has 2 saturated carbocycles. The third-order valence-corrected chi connectivity index (χ3v) is 5.53. The minimum atomic E-state index is 0.350. The van der Waals surface area contributed by atoms with Crippen molar-refractivity contribution >= 4 is 0 Å². The van der Waals surface area contributed by atoms with Gasteiger partial charge in [-0.25, -0.2) is 0 Å². The first-order chi connectivity index (χ1) is 8.11. The van der Waals surface area contributed by atoms with E-state index in [0.717, 1.165) is 24.4 Å². The molecule has 2 nitrogen and oxygen atoms in total. The number of likely N-dealkylation sites (N-methyl/N-ethyl adjacent to an activating group) is 1. The Balaban J connectivity index is 1.90. The summed E-state index contributed by atoms with van der Waals surface area (Å²) in [6.07, 6.45) is 9.65. The Kier molecular flexibility index (Phi) is 4.14. The third kappa shape index (κ3) is 2.53. The van der Waals surface area contributed by atoms with Gasteiger partial charge in [-0.1, -0.05) is 20.3 Å². The second-order valence-electron chi connectivity index (χ2n) is 6.64. The number of rotatable bonds is 4. The van der Waals surface area contributed by atoms with Crippen LogP contribution in [0.3, 0.4) is 0 Å². The minimum Gasteiger partial charge on any atom is -0.329 e. The lowest BCUT2D eigenvalue weighted by molar-refractivity contribution is -0.0348. The van der Waals surface area contributed by atoms with Crippen molar-refractivity contribution in [2.24, 2.45) is 17.6 Å². The Morgan fingerprint density at radius 1 is 1.18 bits per heavy atom. The summed E-state index contributed by atoms with van der Waals surface area (Å²) in [4.78, 5) is 2.65. The van der Waals surface area contributed by atoms with Gasteiger partial charge < -0.3 is 5.73 Å². The molecule has 0 unspecified atom stereocenters. The molecule has 2 N–H and O–H groups in total. The molecule has 0 aromatic carbocycles. The smallest absolute Gasteiger partial charge is 0.0336 e. The molecule has 0 bridgehead atoms. The van der Waals surface area contributed by atoms with Gasteiger partial charge in [-0.15, -0.1) is 0 Å². The van der Waals surface area contributed by atoms with Gasteiger partial charge in [0.2, 0.25) is 0 Å². The molecule has 0 heterocycles. The Bertz CT molecular complexity index is 237. The predicted molar refractivity (Wildman–Crippen MR) is 74.0 cm³/mol. The molecule has 2 aliphatic carbocycles. The first-order valence-corrected chi connectivity index (χ1v) is 7.54. The van der Waals surface area contributed by atoms with Crippen LogP contribution >= 0.6 is 0 Å². The summed E-state index contributed by atoms with van der Waals surface area (Å²) in [6, 6.07) is 0.800. The van der Waals surface area contributed by atoms with Gasteiger partial charge in [0, 0.05) is 18.1 Å². The van der Waals surface area contributed by atoms with Crippen LogP contribution in [0.15, 0.2) is 0 Å². The predicted octanol–water partition coefficient (Wildman–Crippen LogP) is 3.01. The topological polar surface area (TPSA) is 29.3 Å². The lowest BCUT2D eigenvalue weighted by atomic mass is 9.67. The minimum absolute atomic E-state index is 0.350. The Hall–Kier alpha value is -0.0800. The van der Waals surface area contributed by atoms with E-state index in [-0.39, 0.29) is 0 Å². The van der Waals surface area contributed by atoms with Crippen LogP contribution in [0.2, 0.25) is 0 Å². The van der Waals surface area contributed by atoms with E-state index in [2.05, 4.69) is 25.8 Å². The molecule has 0 spiro atoms. The average molecular weight is 238 g/mol. The third-order valence-electron chi connectivity index (χ3n) is 5.53. The lowest BCUT2D eigenvalue weighted by Crippen LogP contribution is -2.62. The van der Waals surface area contributed by atoms with E-state index in [0.29, 0.717) is 5.54 Å². The van der Waals surface area contributed by atoms with Gasteiger partial charge in [-0.05, 0) is 57.4 Å². The molecule has 0 aliphatic heterocycles. The molecule has 0 aromatic rings. The molecule has 0 saturated heterocycles. The van der Waals surface area contributed by atoms with Crippen LogP contribution in [0.1, 0.15) is 58.8 Å². The standard InChI is InChI=1S/C15H30N2/c1-4-13-5-7-14(8-6-13)17(3)15(11-16)9-12(2)10-15/h12-14H,4-11,16H2,1-3H3. The van der Waals surface area contributed by atoms with Gasteiger partial charge >= 0.3 is 0 Å². The zero-order valence-electron chi connectivity index (χ0n) is 11.9. The first kappa shape index (κ1) is 13.4. The van der Waals surface area contributed by atoms with E-state index in [9.17, 15) is 0 Å². The van der Waals surface area contributed by atoms with Crippen molar-refractivity contribution in [1.82, 2.24) is 4.90 Å². The molecule has 0 aromatic heterocycles. The fourth-order valence-electron chi connectivity index (χ4n) is 4.16. The van der Waals surface area contributed by atoms with Crippen LogP contribution in [0, 0.1) is 11.8 Å². The molecule has 2 aliphatic rings. The highest BCUT2D eigenvalue weighted by molar-refractivity contribution is 5.03. The maximum atomic E-state index is 6.05. The zero-order chi connectivity index (χ0) is 12.5. The van der Waals surface area contributed by atoms with Gasteiger partial charge in [0.15, 0.2) is 0 Å². The van der Waals surface area contributed by atoms with Crippen LogP contribution in [0.5, 0.6) is 0 Å². The molecule has 0 radical (unpaired) electrons. The molecule has 0 amide bonds. The highest BCUT2D eigenvalue weighted by atomic mass is 15.2. The van der Waals surface area contributed by atoms with Crippen molar-refractivity contribution in [3.8, 4) is 0 Å². The molecule has 2 rings (SSSR count). The maximum absolute atomic E-state index is 6.05. The van der Waals surface area contributed by atoms with Crippen LogP contribution in [0.4, 0.5) is 0 Å². The number of hydrogen-bond donors (Lipinski definition) is 1. The molecule has 2 fully saturated rings. The Labute approximate surface area is 107 Å². The molecular formula is C15H30N2. The lowest BCUT2D eigenvalue weighted by Gasteiger charge is -2.55. The van der Waals surface area contributed by atoms with Crippen molar-refractivity contribution in [3.05, 3.63) is 0 Å². The van der Waals surface area contributed by atoms with E-state index in [1.165, 1.54) is 44.9 Å². The van der Waals surface area contributed by atoms with Gasteiger partial charge in [0.1, 0.15) is 0 Å². The Morgan fingerprint density at radius 2 is 1.76 bits per heavy atom. The molecule has 17 heavy (non-hydrogen) atoms. The maximum Gasteiger partial charge on any atom is 0.0336 e. The van der Waals surface area contributed by atoms with Crippen molar-refractivity contribution in [2.45, 2.75) is 70.4 Å². The average Bonchev–Trinajstić information content (AvgIpc) is 2.34. The molecular weight excluding hydrogens is 208 g/mol. The second-order valence-corrected chi connectivity index (χ2v) is 6.64.